The molecule has 11 rings (SSSR count). The third-order valence-electron chi connectivity index (χ3n) is 11.8. The van der Waals surface area contributed by atoms with E-state index in [1.54, 1.807) is 0 Å². The molecule has 1 aromatic heterocycles. The van der Waals surface area contributed by atoms with Gasteiger partial charge in [0, 0.05) is 34.6 Å². The number of amidine groups is 1. The highest BCUT2D eigenvalue weighted by Crippen LogP contribution is 2.57. The maximum atomic E-state index is 5.46. The average molecular weight is 722 g/mol. The molecule has 268 valence electrons. The number of para-hydroxylation sites is 1. The van der Waals surface area contributed by atoms with E-state index in [0.717, 1.165) is 34.8 Å². The molecule has 7 aromatic carbocycles. The van der Waals surface area contributed by atoms with E-state index in [-0.39, 0.29) is 12.3 Å². The van der Waals surface area contributed by atoms with Crippen molar-refractivity contribution < 1.29 is 0 Å². The van der Waals surface area contributed by atoms with Gasteiger partial charge in [0.05, 0.1) is 16.3 Å². The number of rotatable bonds is 6. The number of nitrogens with one attached hydrogen (secondary N) is 3. The summed E-state index contributed by atoms with van der Waals surface area (Å²) < 4.78 is 2.38. The van der Waals surface area contributed by atoms with Crippen LogP contribution in [0.2, 0.25) is 0 Å². The van der Waals surface area contributed by atoms with Crippen LogP contribution in [0, 0.1) is 0 Å². The molecule has 0 saturated carbocycles. The first-order valence-corrected chi connectivity index (χ1v) is 19.4. The van der Waals surface area contributed by atoms with Gasteiger partial charge in [0.15, 0.2) is 0 Å². The van der Waals surface area contributed by atoms with Gasteiger partial charge in [-0.05, 0) is 68.8 Å². The number of benzene rings is 7. The number of aliphatic imine (C=N–C) groups is 1. The summed E-state index contributed by atoms with van der Waals surface area (Å²) in [5.74, 6) is 0.873. The molecule has 0 amide bonds. The van der Waals surface area contributed by atoms with E-state index in [1.807, 2.05) is 0 Å². The highest BCUT2D eigenvalue weighted by atomic mass is 15.3. The molecule has 0 saturated heterocycles. The summed E-state index contributed by atoms with van der Waals surface area (Å²) in [6, 6.07) is 65.8. The number of hydrogen-bond donors (Lipinski definition) is 3. The van der Waals surface area contributed by atoms with Gasteiger partial charge >= 0.3 is 0 Å². The Bertz CT molecular complexity index is 2870. The van der Waals surface area contributed by atoms with Gasteiger partial charge in [-0.3, -0.25) is 5.32 Å². The summed E-state index contributed by atoms with van der Waals surface area (Å²) >= 11 is 0. The molecule has 5 heteroatoms. The molecule has 0 fully saturated rings. The Hall–Kier alpha value is -6.95. The number of hydrogen-bond acceptors (Lipinski definition) is 4. The van der Waals surface area contributed by atoms with Gasteiger partial charge in [-0.1, -0.05) is 164 Å². The molecule has 3 aliphatic rings. The average Bonchev–Trinajstić information content (AvgIpc) is 3.78. The lowest BCUT2D eigenvalue weighted by molar-refractivity contribution is 0.409. The Kier molecular flexibility index (Phi) is 7.61. The van der Waals surface area contributed by atoms with Gasteiger partial charge in [-0.25, -0.2) is 4.99 Å². The first kappa shape index (κ1) is 32.5. The van der Waals surface area contributed by atoms with Gasteiger partial charge in [-0.15, -0.1) is 0 Å². The minimum atomic E-state index is -0.487. The van der Waals surface area contributed by atoms with Gasteiger partial charge in [0.25, 0.3) is 0 Å². The Morgan fingerprint density at radius 1 is 0.571 bits per heavy atom. The van der Waals surface area contributed by atoms with Gasteiger partial charge in [0.1, 0.15) is 18.2 Å². The lowest BCUT2D eigenvalue weighted by Crippen LogP contribution is -2.45. The van der Waals surface area contributed by atoms with Crippen LogP contribution in [-0.2, 0) is 5.41 Å². The Balaban J connectivity index is 1.06. The van der Waals surface area contributed by atoms with Gasteiger partial charge < -0.3 is 15.2 Å². The molecule has 8 aromatic rings. The molecule has 56 heavy (non-hydrogen) atoms. The van der Waals surface area contributed by atoms with Crippen LogP contribution in [0.5, 0.6) is 0 Å². The van der Waals surface area contributed by atoms with E-state index >= 15 is 0 Å². The second-order valence-corrected chi connectivity index (χ2v) is 14.8. The van der Waals surface area contributed by atoms with E-state index in [1.165, 1.54) is 54.9 Å². The van der Waals surface area contributed by atoms with Crippen molar-refractivity contribution in [1.29, 1.82) is 0 Å². The van der Waals surface area contributed by atoms with Crippen molar-refractivity contribution in [2.24, 2.45) is 4.99 Å². The molecule has 0 radical (unpaired) electrons. The monoisotopic (exact) mass is 721 g/mol. The lowest BCUT2D eigenvalue weighted by atomic mass is 9.67. The molecule has 0 spiro atoms. The summed E-state index contributed by atoms with van der Waals surface area (Å²) in [4.78, 5) is 5.46. The zero-order valence-electron chi connectivity index (χ0n) is 30.7. The number of nitrogens with zero attached hydrogens (tertiary/aromatic N) is 2. The van der Waals surface area contributed by atoms with Crippen LogP contribution in [0.1, 0.15) is 51.3 Å². The summed E-state index contributed by atoms with van der Waals surface area (Å²) in [7, 11) is 0. The highest BCUT2D eigenvalue weighted by molar-refractivity contribution is 6.08. The Labute approximate surface area is 326 Å². The van der Waals surface area contributed by atoms with Crippen LogP contribution < -0.4 is 26.5 Å². The van der Waals surface area contributed by atoms with Crippen LogP contribution in [0.4, 0.5) is 0 Å². The maximum absolute atomic E-state index is 5.46. The summed E-state index contributed by atoms with van der Waals surface area (Å²) in [5.41, 5.74) is 12.7. The van der Waals surface area contributed by atoms with E-state index in [2.05, 4.69) is 215 Å². The fraction of sp³-hybridized carbons (Fsp3) is 0.0784. The van der Waals surface area contributed by atoms with E-state index in [4.69, 9.17) is 4.99 Å². The smallest absolute Gasteiger partial charge is 0.132 e. The Morgan fingerprint density at radius 2 is 1.21 bits per heavy atom. The first-order valence-electron chi connectivity index (χ1n) is 19.4. The van der Waals surface area contributed by atoms with Crippen LogP contribution in [-0.4, -0.2) is 16.9 Å². The summed E-state index contributed by atoms with van der Waals surface area (Å²) in [5, 5.41) is 14.9. The molecule has 1 aliphatic carbocycles. The minimum Gasteiger partial charge on any atom is -0.387 e. The molecular weight excluding hydrogens is 683 g/mol. The summed E-state index contributed by atoms with van der Waals surface area (Å²) in [6.07, 6.45) is 3.98. The normalized spacial score (nSPS) is 17.6. The highest BCUT2D eigenvalue weighted by Gasteiger charge is 2.47. The van der Waals surface area contributed by atoms with Gasteiger partial charge in [0.2, 0.25) is 0 Å². The zero-order valence-corrected chi connectivity index (χ0v) is 30.7. The second kappa shape index (κ2) is 13.1. The van der Waals surface area contributed by atoms with Crippen LogP contribution in [0.25, 0.3) is 40.0 Å². The predicted molar refractivity (Wildman–Crippen MR) is 228 cm³/mol. The van der Waals surface area contributed by atoms with Crippen molar-refractivity contribution >= 4 is 29.0 Å². The van der Waals surface area contributed by atoms with Crippen molar-refractivity contribution in [2.45, 2.75) is 17.7 Å². The van der Waals surface area contributed by atoms with Crippen LogP contribution in [0.15, 0.2) is 187 Å². The van der Waals surface area contributed by atoms with Crippen molar-refractivity contribution in [1.82, 2.24) is 20.5 Å². The standard InChI is InChI=1S/C51H39N5/c1-4-15-34(16-5-1)48-53-49(35-27-29-38(30-28-35)56-45-26-13-11-21-39(45)42-33-52-32-31-46(42)56)55-50(54-48)41-23-14-25-44-47(41)40-22-10-12-24-43(40)51(44,36-17-6-2-7-18-36)37-19-8-3-9-20-37/h1-31,33,48-49,52-53H,32H2,(H,54,55). The van der Waals surface area contributed by atoms with Crippen molar-refractivity contribution in [3.05, 3.63) is 232 Å². The molecule has 0 bridgehead atoms. The fourth-order valence-electron chi connectivity index (χ4n) is 9.41. The van der Waals surface area contributed by atoms with Crippen molar-refractivity contribution in [2.75, 3.05) is 6.54 Å². The minimum absolute atomic E-state index is 0.193. The second-order valence-electron chi connectivity index (χ2n) is 14.8. The Morgan fingerprint density at radius 3 is 1.98 bits per heavy atom. The van der Waals surface area contributed by atoms with E-state index in [9.17, 15) is 0 Å². The number of fused-ring (bicyclic) bond motifs is 6. The molecule has 5 nitrogen and oxygen atoms in total. The predicted octanol–water partition coefficient (Wildman–Crippen LogP) is 8.45. The molecule has 3 heterocycles. The summed E-state index contributed by atoms with van der Waals surface area (Å²) in [6.45, 7) is 0.811. The molecular formula is C51H39N5. The zero-order chi connectivity index (χ0) is 37.1. The molecule has 2 aliphatic heterocycles. The lowest BCUT2D eigenvalue weighted by Gasteiger charge is -2.34. The molecule has 2 atom stereocenters. The molecule has 3 N–H and O–H groups in total. The van der Waals surface area contributed by atoms with Gasteiger partial charge in [-0.2, -0.15) is 0 Å². The quantitative estimate of drug-likeness (QED) is 0.162. The maximum Gasteiger partial charge on any atom is 0.132 e. The van der Waals surface area contributed by atoms with Crippen LogP contribution in [0.3, 0.4) is 0 Å². The van der Waals surface area contributed by atoms with Crippen molar-refractivity contribution in [3.63, 3.8) is 0 Å². The topological polar surface area (TPSA) is 53.4 Å². The van der Waals surface area contributed by atoms with Crippen LogP contribution >= 0.6 is 0 Å². The fourth-order valence-corrected chi connectivity index (χ4v) is 9.41. The third-order valence-corrected chi connectivity index (χ3v) is 11.8. The van der Waals surface area contributed by atoms with E-state index in [0.29, 0.717) is 0 Å². The SMILES string of the molecule is C1=c2c(n(-c3ccc(C4NC(c5cccc6c5-c5ccccc5C6(c5ccccc5)c5ccccc5)=NC(c5ccccc5)N4)cc3)c3ccccc23)=CCN1. The third kappa shape index (κ3) is 4.94. The number of aromatic nitrogens is 1. The largest absolute Gasteiger partial charge is 0.387 e. The van der Waals surface area contributed by atoms with Crippen molar-refractivity contribution in [3.8, 4) is 16.8 Å². The molecule has 2 unspecified atom stereocenters. The van der Waals surface area contributed by atoms with E-state index < -0.39 is 5.41 Å². The first-order chi connectivity index (χ1) is 27.8.